The molecule has 0 amide bonds. The number of halogens is 1. The molecule has 1 N–H and O–H groups in total. The van der Waals surface area contributed by atoms with Crippen molar-refractivity contribution in [2.75, 3.05) is 6.54 Å². The van der Waals surface area contributed by atoms with Crippen molar-refractivity contribution in [2.24, 2.45) is 0 Å². The maximum Gasteiger partial charge on any atom is 0.123 e. The van der Waals surface area contributed by atoms with E-state index >= 15 is 0 Å². The average molecular weight is 295 g/mol. The quantitative estimate of drug-likeness (QED) is 0.763. The van der Waals surface area contributed by atoms with Crippen LogP contribution in [0.25, 0.3) is 0 Å². The second kappa shape index (κ2) is 8.04. The van der Waals surface area contributed by atoms with E-state index in [0.717, 1.165) is 18.5 Å². The second-order valence-corrected chi connectivity index (χ2v) is 7.08. The minimum Gasteiger partial charge on any atom is -0.310 e. The number of rotatable bonds is 6. The van der Waals surface area contributed by atoms with Gasteiger partial charge in [-0.15, -0.1) is 11.8 Å². The van der Waals surface area contributed by atoms with Gasteiger partial charge in [0.15, 0.2) is 0 Å². The Morgan fingerprint density at radius 3 is 2.75 bits per heavy atom. The van der Waals surface area contributed by atoms with Crippen LogP contribution >= 0.6 is 11.8 Å². The van der Waals surface area contributed by atoms with Crippen molar-refractivity contribution in [3.05, 3.63) is 29.6 Å². The predicted molar refractivity (Wildman–Crippen MR) is 85.8 cm³/mol. The summed E-state index contributed by atoms with van der Waals surface area (Å²) in [5.41, 5.74) is 1.12. The Kier molecular flexibility index (Phi) is 6.37. The third-order valence-electron chi connectivity index (χ3n) is 3.98. The average Bonchev–Trinajstić information content (AvgIpc) is 2.47. The molecule has 1 fully saturated rings. The first-order chi connectivity index (χ1) is 9.70. The summed E-state index contributed by atoms with van der Waals surface area (Å²) in [4.78, 5) is 1.26. The first kappa shape index (κ1) is 15.8. The van der Waals surface area contributed by atoms with Gasteiger partial charge in [0.2, 0.25) is 0 Å². The maximum atomic E-state index is 13.6. The first-order valence-electron chi connectivity index (χ1n) is 7.90. The van der Waals surface area contributed by atoms with E-state index < -0.39 is 0 Å². The van der Waals surface area contributed by atoms with Gasteiger partial charge in [0.25, 0.3) is 0 Å². The van der Waals surface area contributed by atoms with Gasteiger partial charge in [-0.3, -0.25) is 0 Å². The van der Waals surface area contributed by atoms with Crippen LogP contribution in [0.15, 0.2) is 23.1 Å². The summed E-state index contributed by atoms with van der Waals surface area (Å²) in [5.74, 6) is -0.127. The van der Waals surface area contributed by atoms with Crippen molar-refractivity contribution >= 4 is 11.8 Å². The lowest BCUT2D eigenvalue weighted by molar-refractivity contribution is 0.515. The smallest absolute Gasteiger partial charge is 0.123 e. The topological polar surface area (TPSA) is 12.0 Å². The van der Waals surface area contributed by atoms with Crippen LogP contribution in [-0.4, -0.2) is 11.8 Å². The molecule has 1 nitrogen and oxygen atoms in total. The van der Waals surface area contributed by atoms with E-state index in [2.05, 4.69) is 19.2 Å². The summed E-state index contributed by atoms with van der Waals surface area (Å²) in [6.07, 6.45) is 7.78. The van der Waals surface area contributed by atoms with Crippen molar-refractivity contribution < 1.29 is 4.39 Å². The Labute approximate surface area is 126 Å². The molecule has 3 heteroatoms. The van der Waals surface area contributed by atoms with Crippen LogP contribution in [0.5, 0.6) is 0 Å². The van der Waals surface area contributed by atoms with Crippen molar-refractivity contribution in [1.82, 2.24) is 5.32 Å². The maximum absolute atomic E-state index is 13.6. The van der Waals surface area contributed by atoms with E-state index in [0.29, 0.717) is 5.25 Å². The molecule has 2 rings (SSSR count). The Hall–Kier alpha value is -0.540. The van der Waals surface area contributed by atoms with Crippen molar-refractivity contribution in [3.8, 4) is 0 Å². The van der Waals surface area contributed by atoms with E-state index in [1.807, 2.05) is 17.8 Å². The summed E-state index contributed by atoms with van der Waals surface area (Å²) < 4.78 is 13.6. The molecule has 1 unspecified atom stereocenters. The third kappa shape index (κ3) is 4.49. The van der Waals surface area contributed by atoms with Gasteiger partial charge in [-0.25, -0.2) is 4.39 Å². The second-order valence-electron chi connectivity index (χ2n) is 5.74. The predicted octanol–water partition coefficient (Wildman–Crippen LogP) is 5.31. The zero-order valence-electron chi connectivity index (χ0n) is 12.6. The number of hydrogen-bond donors (Lipinski definition) is 1. The standard InChI is InChI=1S/C17H26FNS/c1-3-11-19-13(2)16-12-14(18)9-10-17(16)20-15-7-5-4-6-8-15/h9-10,12-13,15,19H,3-8,11H2,1-2H3. The number of hydrogen-bond acceptors (Lipinski definition) is 2. The van der Waals surface area contributed by atoms with Crippen LogP contribution in [0.1, 0.15) is 64.0 Å². The largest absolute Gasteiger partial charge is 0.310 e. The summed E-state index contributed by atoms with van der Waals surface area (Å²) in [7, 11) is 0. The van der Waals surface area contributed by atoms with E-state index in [-0.39, 0.29) is 11.9 Å². The summed E-state index contributed by atoms with van der Waals surface area (Å²) in [6.45, 7) is 5.27. The van der Waals surface area contributed by atoms with E-state index in [1.54, 1.807) is 12.1 Å². The van der Waals surface area contributed by atoms with Gasteiger partial charge in [-0.2, -0.15) is 0 Å². The molecule has 0 radical (unpaired) electrons. The van der Waals surface area contributed by atoms with Gasteiger partial charge in [0.1, 0.15) is 5.82 Å². The summed E-state index contributed by atoms with van der Waals surface area (Å²) in [5, 5.41) is 4.19. The zero-order chi connectivity index (χ0) is 14.4. The fourth-order valence-corrected chi connectivity index (χ4v) is 4.24. The van der Waals surface area contributed by atoms with E-state index in [1.165, 1.54) is 37.0 Å². The minimum atomic E-state index is -0.127. The molecule has 0 heterocycles. The van der Waals surface area contributed by atoms with Gasteiger partial charge in [0.05, 0.1) is 0 Å². The van der Waals surface area contributed by atoms with Crippen LogP contribution in [0.3, 0.4) is 0 Å². The van der Waals surface area contributed by atoms with Gasteiger partial charge in [-0.1, -0.05) is 26.2 Å². The zero-order valence-corrected chi connectivity index (χ0v) is 13.4. The highest BCUT2D eigenvalue weighted by molar-refractivity contribution is 8.00. The van der Waals surface area contributed by atoms with Gasteiger partial charge in [-0.05, 0) is 56.5 Å². The molecule has 0 bridgehead atoms. The Bertz CT molecular complexity index is 415. The third-order valence-corrected chi connectivity index (χ3v) is 5.42. The molecular formula is C17H26FNS. The molecule has 1 aromatic carbocycles. The monoisotopic (exact) mass is 295 g/mol. The molecule has 0 aliphatic heterocycles. The van der Waals surface area contributed by atoms with Crippen LogP contribution in [0.4, 0.5) is 4.39 Å². The van der Waals surface area contributed by atoms with Crippen LogP contribution in [-0.2, 0) is 0 Å². The highest BCUT2D eigenvalue weighted by Gasteiger charge is 2.18. The molecule has 112 valence electrons. The number of thioether (sulfide) groups is 1. The van der Waals surface area contributed by atoms with Crippen LogP contribution in [0.2, 0.25) is 0 Å². The van der Waals surface area contributed by atoms with Crippen molar-refractivity contribution in [1.29, 1.82) is 0 Å². The number of benzene rings is 1. The minimum absolute atomic E-state index is 0.127. The van der Waals surface area contributed by atoms with Gasteiger partial charge >= 0.3 is 0 Å². The molecule has 20 heavy (non-hydrogen) atoms. The molecule has 0 aromatic heterocycles. The summed E-state index contributed by atoms with van der Waals surface area (Å²) >= 11 is 1.95. The fourth-order valence-electron chi connectivity index (χ4n) is 2.80. The lowest BCUT2D eigenvalue weighted by atomic mass is 10.0. The van der Waals surface area contributed by atoms with Crippen molar-refractivity contribution in [3.63, 3.8) is 0 Å². The normalized spacial score (nSPS) is 18.1. The highest BCUT2D eigenvalue weighted by Crippen LogP contribution is 2.37. The molecular weight excluding hydrogens is 269 g/mol. The molecule has 0 saturated heterocycles. The number of nitrogens with one attached hydrogen (secondary N) is 1. The Morgan fingerprint density at radius 2 is 2.05 bits per heavy atom. The fraction of sp³-hybridized carbons (Fsp3) is 0.647. The first-order valence-corrected chi connectivity index (χ1v) is 8.78. The SMILES string of the molecule is CCCNC(C)c1cc(F)ccc1SC1CCCCC1. The van der Waals surface area contributed by atoms with Crippen LogP contribution < -0.4 is 5.32 Å². The molecule has 1 aliphatic rings. The lowest BCUT2D eigenvalue weighted by Crippen LogP contribution is -2.20. The van der Waals surface area contributed by atoms with Gasteiger partial charge < -0.3 is 5.32 Å². The molecule has 1 aromatic rings. The molecule has 1 saturated carbocycles. The van der Waals surface area contributed by atoms with Crippen molar-refractivity contribution in [2.45, 2.75) is 68.6 Å². The summed E-state index contributed by atoms with van der Waals surface area (Å²) in [6, 6.07) is 5.49. The van der Waals surface area contributed by atoms with Gasteiger partial charge in [0, 0.05) is 16.2 Å². The highest BCUT2D eigenvalue weighted by atomic mass is 32.2. The van der Waals surface area contributed by atoms with Crippen LogP contribution in [0, 0.1) is 5.82 Å². The lowest BCUT2D eigenvalue weighted by Gasteiger charge is -2.24. The Balaban J connectivity index is 2.09. The molecule has 1 atom stereocenters. The molecule has 1 aliphatic carbocycles. The molecule has 0 spiro atoms. The van der Waals surface area contributed by atoms with E-state index in [4.69, 9.17) is 0 Å². The van der Waals surface area contributed by atoms with E-state index in [9.17, 15) is 4.39 Å². The Morgan fingerprint density at radius 1 is 1.30 bits per heavy atom.